The maximum atomic E-state index is 13.6. The first-order chi connectivity index (χ1) is 13.8. The molecule has 3 rings (SSSR count). The van der Waals surface area contributed by atoms with Gasteiger partial charge in [0.25, 0.3) is 5.91 Å². The second-order valence-electron chi connectivity index (χ2n) is 8.06. The lowest BCUT2D eigenvalue weighted by atomic mass is 9.77. The first kappa shape index (κ1) is 21.2. The van der Waals surface area contributed by atoms with Crippen molar-refractivity contribution in [3.63, 3.8) is 0 Å². The quantitative estimate of drug-likeness (QED) is 0.760. The Kier molecular flexibility index (Phi) is 6.49. The van der Waals surface area contributed by atoms with Crippen molar-refractivity contribution in [2.75, 3.05) is 18.5 Å². The normalized spacial score (nSPS) is 27.0. The lowest BCUT2D eigenvalue weighted by Gasteiger charge is -2.39. The standard InChI is InChI=1S/C21H26F2N2O4/c1-12-4-3-5-18(13(12)2)25-10-14(8-20(25)27)21(28)29-11-19(26)24-17-7-6-15(22)9-16(17)23/h6-7,9,12-14,18H,3-5,8,10-11H2,1-2H3,(H,24,26)/t12-,13+,14+,18+/m0/s1. The predicted octanol–water partition coefficient (Wildman–Crippen LogP) is 3.12. The van der Waals surface area contributed by atoms with Gasteiger partial charge in [-0.25, -0.2) is 8.78 Å². The van der Waals surface area contributed by atoms with Crippen LogP contribution in [0.25, 0.3) is 0 Å². The van der Waals surface area contributed by atoms with Crippen LogP contribution < -0.4 is 5.32 Å². The molecule has 2 amide bonds. The monoisotopic (exact) mass is 408 g/mol. The van der Waals surface area contributed by atoms with Crippen LogP contribution in [0.5, 0.6) is 0 Å². The van der Waals surface area contributed by atoms with Gasteiger partial charge in [0.1, 0.15) is 11.6 Å². The molecule has 8 heteroatoms. The van der Waals surface area contributed by atoms with Crippen LogP contribution >= 0.6 is 0 Å². The molecule has 1 saturated carbocycles. The summed E-state index contributed by atoms with van der Waals surface area (Å²) in [6, 6.07) is 2.88. The molecule has 0 unspecified atom stereocenters. The number of anilines is 1. The Hall–Kier alpha value is -2.51. The van der Waals surface area contributed by atoms with Gasteiger partial charge in [-0.15, -0.1) is 0 Å². The Bertz CT molecular complexity index is 801. The Balaban J connectivity index is 1.51. The molecular weight excluding hydrogens is 382 g/mol. The summed E-state index contributed by atoms with van der Waals surface area (Å²) in [5.41, 5.74) is -0.199. The van der Waals surface area contributed by atoms with Gasteiger partial charge in [0.05, 0.1) is 11.6 Å². The van der Waals surface area contributed by atoms with Gasteiger partial charge in [0.2, 0.25) is 5.91 Å². The topological polar surface area (TPSA) is 75.7 Å². The lowest BCUT2D eigenvalue weighted by molar-refractivity contribution is -0.151. The SMILES string of the molecule is C[C@H]1[C@H](N2C[C@H](C(=O)OCC(=O)Nc3ccc(F)cc3F)CC2=O)CCC[C@@H]1C. The molecule has 2 aliphatic rings. The van der Waals surface area contributed by atoms with Crippen molar-refractivity contribution in [1.82, 2.24) is 4.90 Å². The van der Waals surface area contributed by atoms with Crippen LogP contribution in [-0.4, -0.2) is 41.9 Å². The summed E-state index contributed by atoms with van der Waals surface area (Å²) >= 11 is 0. The number of rotatable bonds is 5. The fourth-order valence-electron chi connectivity index (χ4n) is 4.24. The molecule has 0 aromatic heterocycles. The van der Waals surface area contributed by atoms with Gasteiger partial charge in [-0.05, 0) is 30.4 Å². The molecular formula is C21H26F2N2O4. The molecule has 1 N–H and O–H groups in total. The van der Waals surface area contributed by atoms with E-state index in [1.807, 2.05) is 0 Å². The van der Waals surface area contributed by atoms with Crippen molar-refractivity contribution in [2.24, 2.45) is 17.8 Å². The molecule has 2 fully saturated rings. The van der Waals surface area contributed by atoms with Gasteiger partial charge in [-0.2, -0.15) is 0 Å². The van der Waals surface area contributed by atoms with E-state index in [9.17, 15) is 23.2 Å². The summed E-state index contributed by atoms with van der Waals surface area (Å²) in [4.78, 5) is 38.5. The zero-order chi connectivity index (χ0) is 21.1. The smallest absolute Gasteiger partial charge is 0.311 e. The average Bonchev–Trinajstić information content (AvgIpc) is 3.06. The van der Waals surface area contributed by atoms with Gasteiger partial charge in [0, 0.05) is 25.1 Å². The second kappa shape index (κ2) is 8.88. The third kappa shape index (κ3) is 4.92. The molecule has 6 nitrogen and oxygen atoms in total. The van der Waals surface area contributed by atoms with Gasteiger partial charge >= 0.3 is 5.97 Å². The molecule has 4 atom stereocenters. The molecule has 0 radical (unpaired) electrons. The Morgan fingerprint density at radius 1 is 1.24 bits per heavy atom. The maximum absolute atomic E-state index is 13.6. The highest BCUT2D eigenvalue weighted by atomic mass is 19.1. The zero-order valence-corrected chi connectivity index (χ0v) is 16.6. The summed E-state index contributed by atoms with van der Waals surface area (Å²) in [6.45, 7) is 4.03. The van der Waals surface area contributed by atoms with E-state index in [1.54, 1.807) is 4.90 Å². The highest BCUT2D eigenvalue weighted by molar-refractivity contribution is 5.93. The van der Waals surface area contributed by atoms with E-state index in [-0.39, 0.29) is 24.1 Å². The molecule has 0 spiro atoms. The van der Waals surface area contributed by atoms with E-state index in [0.29, 0.717) is 24.4 Å². The number of ether oxygens (including phenoxy) is 1. The number of hydrogen-bond acceptors (Lipinski definition) is 4. The number of nitrogens with one attached hydrogen (secondary N) is 1. The summed E-state index contributed by atoms with van der Waals surface area (Å²) < 4.78 is 31.5. The van der Waals surface area contributed by atoms with Gasteiger partial charge in [-0.3, -0.25) is 14.4 Å². The minimum absolute atomic E-state index is 0.0595. The lowest BCUT2D eigenvalue weighted by Crippen LogP contribution is -2.45. The molecule has 1 aromatic rings. The summed E-state index contributed by atoms with van der Waals surface area (Å²) in [6.07, 6.45) is 3.22. The second-order valence-corrected chi connectivity index (χ2v) is 8.06. The molecule has 1 aliphatic carbocycles. The molecule has 1 saturated heterocycles. The van der Waals surface area contributed by atoms with Crippen molar-refractivity contribution in [1.29, 1.82) is 0 Å². The van der Waals surface area contributed by atoms with E-state index in [1.165, 1.54) is 0 Å². The Morgan fingerprint density at radius 3 is 2.72 bits per heavy atom. The van der Waals surface area contributed by atoms with Crippen LogP contribution in [0.4, 0.5) is 14.5 Å². The first-order valence-electron chi connectivity index (χ1n) is 9.97. The van der Waals surface area contributed by atoms with Crippen LogP contribution in [0.1, 0.15) is 39.5 Å². The number of hydrogen-bond donors (Lipinski definition) is 1. The van der Waals surface area contributed by atoms with E-state index in [2.05, 4.69) is 19.2 Å². The molecule has 1 heterocycles. The number of halogens is 2. The third-order valence-electron chi connectivity index (χ3n) is 6.11. The van der Waals surface area contributed by atoms with Crippen molar-refractivity contribution >= 4 is 23.5 Å². The van der Waals surface area contributed by atoms with Crippen LogP contribution in [0, 0.1) is 29.4 Å². The Labute approximate surface area is 168 Å². The number of benzene rings is 1. The predicted molar refractivity (Wildman–Crippen MR) is 102 cm³/mol. The van der Waals surface area contributed by atoms with Crippen molar-refractivity contribution in [3.8, 4) is 0 Å². The number of amides is 2. The molecule has 1 aromatic carbocycles. The first-order valence-corrected chi connectivity index (χ1v) is 9.97. The van der Waals surface area contributed by atoms with E-state index in [4.69, 9.17) is 4.74 Å². The Morgan fingerprint density at radius 2 is 2.00 bits per heavy atom. The van der Waals surface area contributed by atoms with Gasteiger partial charge in [0.15, 0.2) is 6.61 Å². The van der Waals surface area contributed by atoms with Crippen LogP contribution in [0.3, 0.4) is 0 Å². The number of carbonyl (C=O) groups excluding carboxylic acids is 3. The fraction of sp³-hybridized carbons (Fsp3) is 0.571. The molecule has 29 heavy (non-hydrogen) atoms. The molecule has 158 valence electrons. The highest BCUT2D eigenvalue weighted by Crippen LogP contribution is 2.35. The third-order valence-corrected chi connectivity index (χ3v) is 6.11. The van der Waals surface area contributed by atoms with Crippen molar-refractivity contribution in [2.45, 2.75) is 45.6 Å². The van der Waals surface area contributed by atoms with Crippen LogP contribution in [-0.2, 0) is 19.1 Å². The van der Waals surface area contributed by atoms with Crippen molar-refractivity contribution < 1.29 is 27.9 Å². The summed E-state index contributed by atoms with van der Waals surface area (Å²) in [5, 5.41) is 2.23. The minimum Gasteiger partial charge on any atom is -0.455 e. The van der Waals surface area contributed by atoms with E-state index >= 15 is 0 Å². The van der Waals surface area contributed by atoms with Gasteiger partial charge < -0.3 is 15.0 Å². The number of likely N-dealkylation sites (tertiary alicyclic amines) is 1. The largest absolute Gasteiger partial charge is 0.455 e. The minimum atomic E-state index is -0.919. The maximum Gasteiger partial charge on any atom is 0.311 e. The van der Waals surface area contributed by atoms with Gasteiger partial charge in [-0.1, -0.05) is 26.7 Å². The number of carbonyl (C=O) groups is 3. The van der Waals surface area contributed by atoms with E-state index < -0.39 is 36.0 Å². The molecule has 1 aliphatic heterocycles. The summed E-state index contributed by atoms with van der Waals surface area (Å²) in [5.74, 6) is -2.80. The van der Waals surface area contributed by atoms with E-state index in [0.717, 1.165) is 31.4 Å². The zero-order valence-electron chi connectivity index (χ0n) is 16.6. The fourth-order valence-corrected chi connectivity index (χ4v) is 4.24. The number of nitrogens with zero attached hydrogens (tertiary/aromatic N) is 1. The highest BCUT2D eigenvalue weighted by Gasteiger charge is 2.42. The summed E-state index contributed by atoms with van der Waals surface area (Å²) in [7, 11) is 0. The van der Waals surface area contributed by atoms with Crippen LogP contribution in [0.15, 0.2) is 18.2 Å². The van der Waals surface area contributed by atoms with Crippen molar-refractivity contribution in [3.05, 3.63) is 29.8 Å². The number of esters is 1. The van der Waals surface area contributed by atoms with Crippen LogP contribution in [0.2, 0.25) is 0 Å². The average molecular weight is 408 g/mol. The molecule has 0 bridgehead atoms.